The van der Waals surface area contributed by atoms with Crippen molar-refractivity contribution < 1.29 is 14.3 Å². The number of nitrogens with one attached hydrogen (secondary N) is 2. The van der Waals surface area contributed by atoms with Crippen LogP contribution in [-0.2, 0) is 0 Å². The zero-order valence-electron chi connectivity index (χ0n) is 15.8. The van der Waals surface area contributed by atoms with E-state index in [0.717, 1.165) is 30.7 Å². The Labute approximate surface area is 166 Å². The Balaban J connectivity index is 1.96. The third-order valence-corrected chi connectivity index (χ3v) is 3.88. The van der Waals surface area contributed by atoms with Crippen LogP contribution < -0.4 is 20.1 Å². The molecule has 6 heteroatoms. The highest BCUT2D eigenvalue weighted by atomic mass is 32.1. The second kappa shape index (κ2) is 11.2. The number of carbonyl (C=O) groups excluding carboxylic acids is 1. The lowest BCUT2D eigenvalue weighted by atomic mass is 10.2. The van der Waals surface area contributed by atoms with Gasteiger partial charge in [-0.3, -0.25) is 10.1 Å². The lowest BCUT2D eigenvalue weighted by Gasteiger charge is -2.13. The smallest absolute Gasteiger partial charge is 0.261 e. The maximum absolute atomic E-state index is 12.5. The van der Waals surface area contributed by atoms with Gasteiger partial charge in [-0.25, -0.2) is 0 Å². The van der Waals surface area contributed by atoms with Crippen molar-refractivity contribution in [2.24, 2.45) is 0 Å². The molecular formula is C21H26N2O3S. The number of carbonyl (C=O) groups is 1. The van der Waals surface area contributed by atoms with Crippen molar-refractivity contribution >= 4 is 28.9 Å². The Morgan fingerprint density at radius 1 is 1.00 bits per heavy atom. The van der Waals surface area contributed by atoms with Crippen molar-refractivity contribution in [2.45, 2.75) is 33.1 Å². The summed E-state index contributed by atoms with van der Waals surface area (Å²) in [6, 6.07) is 14.6. The molecule has 2 aromatic rings. The molecule has 0 saturated heterocycles. The summed E-state index contributed by atoms with van der Waals surface area (Å²) in [7, 11) is 0. The van der Waals surface area contributed by atoms with Crippen LogP contribution in [0.1, 0.15) is 43.5 Å². The topological polar surface area (TPSA) is 59.6 Å². The van der Waals surface area contributed by atoms with E-state index in [1.165, 1.54) is 0 Å². The SMILES string of the molecule is CCCCOc1cccc(NC(=S)NC(=O)c2ccccc2OCCC)c1. The lowest BCUT2D eigenvalue weighted by molar-refractivity contribution is 0.0973. The molecule has 2 aromatic carbocycles. The number of rotatable bonds is 9. The summed E-state index contributed by atoms with van der Waals surface area (Å²) in [5, 5.41) is 5.93. The number of thiocarbonyl (C=S) groups is 1. The summed E-state index contributed by atoms with van der Waals surface area (Å²) in [4.78, 5) is 12.5. The number of para-hydroxylation sites is 1. The normalized spacial score (nSPS) is 10.1. The number of ether oxygens (including phenoxy) is 2. The molecule has 0 spiro atoms. The molecule has 144 valence electrons. The van der Waals surface area contributed by atoms with Crippen LogP contribution in [0.15, 0.2) is 48.5 Å². The molecule has 0 atom stereocenters. The second-order valence-corrected chi connectivity index (χ2v) is 6.39. The zero-order chi connectivity index (χ0) is 19.5. The predicted molar refractivity (Wildman–Crippen MR) is 113 cm³/mol. The van der Waals surface area contributed by atoms with E-state index in [9.17, 15) is 4.79 Å². The number of benzene rings is 2. The summed E-state index contributed by atoms with van der Waals surface area (Å²) in [5.74, 6) is 1.00. The number of hydrogen-bond donors (Lipinski definition) is 2. The Morgan fingerprint density at radius 3 is 2.59 bits per heavy atom. The average molecular weight is 387 g/mol. The zero-order valence-corrected chi connectivity index (χ0v) is 16.6. The summed E-state index contributed by atoms with van der Waals surface area (Å²) in [6.45, 7) is 5.36. The molecule has 1 amide bonds. The van der Waals surface area contributed by atoms with Gasteiger partial charge in [0.25, 0.3) is 5.91 Å². The average Bonchev–Trinajstić information content (AvgIpc) is 2.67. The highest BCUT2D eigenvalue weighted by molar-refractivity contribution is 7.80. The predicted octanol–water partition coefficient (Wildman–Crippen LogP) is 4.78. The molecule has 0 aliphatic heterocycles. The molecule has 0 bridgehead atoms. The maximum atomic E-state index is 12.5. The monoisotopic (exact) mass is 386 g/mol. The van der Waals surface area contributed by atoms with Gasteiger partial charge in [0.2, 0.25) is 0 Å². The van der Waals surface area contributed by atoms with Gasteiger partial charge in [0, 0.05) is 11.8 Å². The third-order valence-electron chi connectivity index (χ3n) is 3.68. The highest BCUT2D eigenvalue weighted by Crippen LogP contribution is 2.19. The van der Waals surface area contributed by atoms with Crippen LogP contribution >= 0.6 is 12.2 Å². The fourth-order valence-corrected chi connectivity index (χ4v) is 2.53. The molecule has 2 rings (SSSR count). The summed E-state index contributed by atoms with van der Waals surface area (Å²) >= 11 is 5.27. The van der Waals surface area contributed by atoms with E-state index >= 15 is 0 Å². The summed E-state index contributed by atoms with van der Waals surface area (Å²) in [6.07, 6.45) is 2.95. The molecule has 27 heavy (non-hydrogen) atoms. The Kier molecular flexibility index (Phi) is 8.58. The van der Waals surface area contributed by atoms with Crippen molar-refractivity contribution in [3.8, 4) is 11.5 Å². The van der Waals surface area contributed by atoms with E-state index < -0.39 is 0 Å². The molecule has 0 aromatic heterocycles. The van der Waals surface area contributed by atoms with Crippen LogP contribution in [0.2, 0.25) is 0 Å². The van der Waals surface area contributed by atoms with Gasteiger partial charge in [-0.2, -0.15) is 0 Å². The van der Waals surface area contributed by atoms with Crippen LogP contribution in [0, 0.1) is 0 Å². The van der Waals surface area contributed by atoms with Crippen LogP contribution in [0.4, 0.5) is 5.69 Å². The molecule has 0 saturated carbocycles. The first-order valence-electron chi connectivity index (χ1n) is 9.21. The Hall–Kier alpha value is -2.60. The quantitative estimate of drug-likeness (QED) is 0.480. The van der Waals surface area contributed by atoms with Crippen molar-refractivity contribution in [2.75, 3.05) is 18.5 Å². The number of anilines is 1. The van der Waals surface area contributed by atoms with Gasteiger partial charge in [-0.15, -0.1) is 0 Å². The Bertz CT molecular complexity index is 765. The minimum absolute atomic E-state index is 0.219. The van der Waals surface area contributed by atoms with E-state index in [2.05, 4.69) is 17.6 Å². The first-order valence-corrected chi connectivity index (χ1v) is 9.62. The van der Waals surface area contributed by atoms with Crippen LogP contribution in [0.3, 0.4) is 0 Å². The van der Waals surface area contributed by atoms with Crippen LogP contribution in [0.25, 0.3) is 0 Å². The first kappa shape index (κ1) is 20.7. The number of unbranched alkanes of at least 4 members (excludes halogenated alkanes) is 1. The Morgan fingerprint density at radius 2 is 1.81 bits per heavy atom. The van der Waals surface area contributed by atoms with Gasteiger partial charge >= 0.3 is 0 Å². The van der Waals surface area contributed by atoms with E-state index in [4.69, 9.17) is 21.7 Å². The van der Waals surface area contributed by atoms with E-state index in [-0.39, 0.29) is 11.0 Å². The van der Waals surface area contributed by atoms with E-state index in [1.54, 1.807) is 18.2 Å². The van der Waals surface area contributed by atoms with Crippen LogP contribution in [-0.4, -0.2) is 24.2 Å². The molecule has 0 radical (unpaired) electrons. The molecule has 0 heterocycles. The molecule has 2 N–H and O–H groups in total. The van der Waals surface area contributed by atoms with Gasteiger partial charge < -0.3 is 14.8 Å². The van der Waals surface area contributed by atoms with Gasteiger partial charge in [-0.1, -0.05) is 38.5 Å². The number of amides is 1. The fourth-order valence-electron chi connectivity index (χ4n) is 2.32. The van der Waals surface area contributed by atoms with Crippen molar-refractivity contribution in [3.05, 3.63) is 54.1 Å². The second-order valence-electron chi connectivity index (χ2n) is 5.98. The largest absolute Gasteiger partial charge is 0.494 e. The van der Waals surface area contributed by atoms with Crippen LogP contribution in [0.5, 0.6) is 11.5 Å². The van der Waals surface area contributed by atoms with E-state index in [1.807, 2.05) is 37.3 Å². The highest BCUT2D eigenvalue weighted by Gasteiger charge is 2.13. The van der Waals surface area contributed by atoms with Crippen molar-refractivity contribution in [1.82, 2.24) is 5.32 Å². The standard InChI is InChI=1S/C21H26N2O3S/c1-3-5-14-25-17-10-8-9-16(15-17)22-21(27)23-20(24)18-11-6-7-12-19(18)26-13-4-2/h6-12,15H,3-5,13-14H2,1-2H3,(H2,22,23,24,27). The fraction of sp³-hybridized carbons (Fsp3) is 0.333. The molecule has 0 aliphatic carbocycles. The minimum atomic E-state index is -0.311. The molecule has 5 nitrogen and oxygen atoms in total. The molecular weight excluding hydrogens is 360 g/mol. The molecule has 0 fully saturated rings. The van der Waals surface area contributed by atoms with E-state index in [0.29, 0.717) is 24.5 Å². The first-order chi connectivity index (χ1) is 13.1. The molecule has 0 aliphatic rings. The summed E-state index contributed by atoms with van der Waals surface area (Å²) in [5.41, 5.74) is 1.21. The van der Waals surface area contributed by atoms with Crippen molar-refractivity contribution in [1.29, 1.82) is 0 Å². The van der Waals surface area contributed by atoms with Gasteiger partial charge in [0.1, 0.15) is 11.5 Å². The van der Waals surface area contributed by atoms with Gasteiger partial charge in [-0.05, 0) is 49.3 Å². The van der Waals surface area contributed by atoms with Crippen molar-refractivity contribution in [3.63, 3.8) is 0 Å². The van der Waals surface area contributed by atoms with Gasteiger partial charge in [0.05, 0.1) is 18.8 Å². The maximum Gasteiger partial charge on any atom is 0.261 e. The third kappa shape index (κ3) is 6.90. The summed E-state index contributed by atoms with van der Waals surface area (Å²) < 4.78 is 11.3. The number of hydrogen-bond acceptors (Lipinski definition) is 4. The molecule has 0 unspecified atom stereocenters. The lowest BCUT2D eigenvalue weighted by Crippen LogP contribution is -2.34. The minimum Gasteiger partial charge on any atom is -0.494 e. The van der Waals surface area contributed by atoms with Gasteiger partial charge in [0.15, 0.2) is 5.11 Å².